The molecule has 0 aliphatic carbocycles. The first kappa shape index (κ1) is 20.5. The second kappa shape index (κ2) is 8.57. The van der Waals surface area contributed by atoms with Crippen molar-refractivity contribution in [1.29, 1.82) is 0 Å². The molecule has 2 heterocycles. The lowest BCUT2D eigenvalue weighted by atomic mass is 10.2. The quantitative estimate of drug-likeness (QED) is 0.488. The van der Waals surface area contributed by atoms with E-state index in [4.69, 9.17) is 14.5 Å². The van der Waals surface area contributed by atoms with Gasteiger partial charge in [-0.25, -0.2) is 9.37 Å². The molecular formula is C22H22FN5O3. The predicted octanol–water partition coefficient (Wildman–Crippen LogP) is 3.32. The van der Waals surface area contributed by atoms with Crippen molar-refractivity contribution in [1.82, 2.24) is 19.7 Å². The van der Waals surface area contributed by atoms with Crippen LogP contribution in [0.25, 0.3) is 22.3 Å². The van der Waals surface area contributed by atoms with E-state index in [1.807, 2.05) is 31.4 Å². The van der Waals surface area contributed by atoms with E-state index in [0.717, 1.165) is 5.56 Å². The summed E-state index contributed by atoms with van der Waals surface area (Å²) in [6.45, 7) is -0.0210. The molecule has 4 rings (SSSR count). The Morgan fingerprint density at radius 3 is 2.61 bits per heavy atom. The number of rotatable bonds is 7. The molecule has 1 N–H and O–H groups in total. The molecule has 0 radical (unpaired) electrons. The maximum absolute atomic E-state index is 15.1. The molecule has 0 aliphatic heterocycles. The van der Waals surface area contributed by atoms with Crippen LogP contribution < -0.4 is 14.4 Å². The third-order valence-electron chi connectivity index (χ3n) is 4.90. The number of aryl methyl sites for hydroxylation is 1. The van der Waals surface area contributed by atoms with Crippen LogP contribution in [0.3, 0.4) is 0 Å². The number of hydrogen-bond acceptors (Lipinski definition) is 7. The number of ether oxygens (including phenoxy) is 2. The van der Waals surface area contributed by atoms with E-state index >= 15 is 4.39 Å². The Balaban J connectivity index is 1.82. The van der Waals surface area contributed by atoms with Gasteiger partial charge in [-0.05, 0) is 18.2 Å². The van der Waals surface area contributed by atoms with Crippen LogP contribution in [0.4, 0.5) is 15.8 Å². The number of benzene rings is 2. The van der Waals surface area contributed by atoms with Gasteiger partial charge in [0.25, 0.3) is 0 Å². The third-order valence-corrected chi connectivity index (χ3v) is 4.90. The van der Waals surface area contributed by atoms with Gasteiger partial charge >= 0.3 is 0 Å². The Kier molecular flexibility index (Phi) is 5.68. The second-order valence-corrected chi connectivity index (χ2v) is 6.87. The summed E-state index contributed by atoms with van der Waals surface area (Å²) < 4.78 is 27.2. The van der Waals surface area contributed by atoms with Crippen molar-refractivity contribution in [2.24, 2.45) is 7.05 Å². The van der Waals surface area contributed by atoms with Crippen LogP contribution in [0.5, 0.6) is 11.5 Å². The Hall–Kier alpha value is -3.72. The number of aliphatic hydroxyl groups excluding tert-OH is 1. The Bertz CT molecular complexity index is 1230. The van der Waals surface area contributed by atoms with Gasteiger partial charge in [-0.3, -0.25) is 9.67 Å². The van der Waals surface area contributed by atoms with E-state index in [1.54, 1.807) is 28.0 Å². The second-order valence-electron chi connectivity index (χ2n) is 6.87. The average Bonchev–Trinajstić information content (AvgIpc) is 3.23. The maximum atomic E-state index is 15.1. The number of hydrogen-bond donors (Lipinski definition) is 1. The third kappa shape index (κ3) is 3.99. The smallest absolute Gasteiger partial charge is 0.188 e. The van der Waals surface area contributed by atoms with Gasteiger partial charge < -0.3 is 19.5 Å². The van der Waals surface area contributed by atoms with Crippen LogP contribution in [0.2, 0.25) is 0 Å². The first-order chi connectivity index (χ1) is 15.0. The van der Waals surface area contributed by atoms with Crippen LogP contribution >= 0.6 is 0 Å². The molecule has 31 heavy (non-hydrogen) atoms. The monoisotopic (exact) mass is 423 g/mol. The largest absolute Gasteiger partial charge is 0.497 e. The standard InChI is InChI=1S/C22H22FN5O3/c1-27-13-14(11-25-27)19-12-24-17-5-4-15(8-18(17)26-19)28(6-7-29)20-9-16(30-2)10-21(31-3)22(20)23/h4-5,8-13,29H,6-7H2,1-3H3. The number of methoxy groups -OCH3 is 2. The molecule has 0 saturated carbocycles. The summed E-state index contributed by atoms with van der Waals surface area (Å²) in [5.74, 6) is -0.0561. The SMILES string of the molecule is COc1cc(OC)c(F)c(N(CCO)c2ccc3ncc(-c4cnn(C)c4)nc3c2)c1. The van der Waals surface area contributed by atoms with Crippen LogP contribution in [0.1, 0.15) is 0 Å². The fourth-order valence-corrected chi connectivity index (χ4v) is 3.37. The van der Waals surface area contributed by atoms with E-state index < -0.39 is 5.82 Å². The van der Waals surface area contributed by atoms with Crippen LogP contribution in [0, 0.1) is 5.82 Å². The van der Waals surface area contributed by atoms with Crippen LogP contribution in [0.15, 0.2) is 48.9 Å². The molecule has 4 aromatic rings. The number of aliphatic hydroxyl groups is 1. The summed E-state index contributed by atoms with van der Waals surface area (Å²) >= 11 is 0. The van der Waals surface area contributed by atoms with Gasteiger partial charge in [0.15, 0.2) is 11.6 Å². The van der Waals surface area contributed by atoms with Gasteiger partial charge in [0.1, 0.15) is 5.75 Å². The molecule has 2 aromatic carbocycles. The van der Waals surface area contributed by atoms with Crippen molar-refractivity contribution < 1.29 is 19.0 Å². The lowest BCUT2D eigenvalue weighted by Crippen LogP contribution is -2.22. The highest BCUT2D eigenvalue weighted by molar-refractivity contribution is 5.82. The molecular weight excluding hydrogens is 401 g/mol. The first-order valence-corrected chi connectivity index (χ1v) is 9.59. The highest BCUT2D eigenvalue weighted by Crippen LogP contribution is 2.37. The highest BCUT2D eigenvalue weighted by atomic mass is 19.1. The summed E-state index contributed by atoms with van der Waals surface area (Å²) in [5, 5.41) is 13.8. The number of aromatic nitrogens is 4. The average molecular weight is 423 g/mol. The fraction of sp³-hybridized carbons (Fsp3) is 0.227. The van der Waals surface area contributed by atoms with Crippen molar-refractivity contribution in [2.75, 3.05) is 32.3 Å². The molecule has 0 amide bonds. The van der Waals surface area contributed by atoms with Crippen molar-refractivity contribution >= 4 is 22.4 Å². The Morgan fingerprint density at radius 1 is 1.10 bits per heavy atom. The zero-order chi connectivity index (χ0) is 22.0. The molecule has 0 spiro atoms. The van der Waals surface area contributed by atoms with E-state index in [-0.39, 0.29) is 24.6 Å². The van der Waals surface area contributed by atoms with E-state index in [0.29, 0.717) is 28.2 Å². The Morgan fingerprint density at radius 2 is 1.94 bits per heavy atom. The van der Waals surface area contributed by atoms with E-state index in [1.165, 1.54) is 20.3 Å². The van der Waals surface area contributed by atoms with Crippen LogP contribution in [-0.4, -0.2) is 52.2 Å². The van der Waals surface area contributed by atoms with Gasteiger partial charge in [0.05, 0.1) is 55.6 Å². The normalized spacial score (nSPS) is 11.0. The van der Waals surface area contributed by atoms with Crippen molar-refractivity contribution in [3.63, 3.8) is 0 Å². The van der Waals surface area contributed by atoms with Gasteiger partial charge in [0, 0.05) is 43.2 Å². The molecule has 0 unspecified atom stereocenters. The van der Waals surface area contributed by atoms with Crippen molar-refractivity contribution in [3.05, 3.63) is 54.7 Å². The van der Waals surface area contributed by atoms with E-state index in [2.05, 4.69) is 10.1 Å². The minimum atomic E-state index is -0.549. The molecule has 9 heteroatoms. The molecule has 0 fully saturated rings. The summed E-state index contributed by atoms with van der Waals surface area (Å²) in [6, 6.07) is 8.47. The minimum Gasteiger partial charge on any atom is -0.497 e. The maximum Gasteiger partial charge on any atom is 0.188 e. The molecule has 0 saturated heterocycles. The molecule has 160 valence electrons. The summed E-state index contributed by atoms with van der Waals surface area (Å²) in [4.78, 5) is 10.8. The molecule has 8 nitrogen and oxygen atoms in total. The van der Waals surface area contributed by atoms with Crippen LogP contribution in [-0.2, 0) is 7.05 Å². The zero-order valence-electron chi connectivity index (χ0n) is 17.4. The lowest BCUT2D eigenvalue weighted by molar-refractivity contribution is 0.305. The van der Waals surface area contributed by atoms with Gasteiger partial charge in [-0.2, -0.15) is 5.10 Å². The number of halogens is 1. The fourth-order valence-electron chi connectivity index (χ4n) is 3.37. The summed E-state index contributed by atoms with van der Waals surface area (Å²) in [6.07, 6.45) is 5.27. The molecule has 0 aliphatic rings. The summed E-state index contributed by atoms with van der Waals surface area (Å²) in [7, 11) is 4.72. The molecule has 0 atom stereocenters. The highest BCUT2D eigenvalue weighted by Gasteiger charge is 2.20. The molecule has 0 bridgehead atoms. The number of fused-ring (bicyclic) bond motifs is 1. The summed E-state index contributed by atoms with van der Waals surface area (Å²) in [5.41, 5.74) is 3.73. The Labute approximate surface area is 178 Å². The van der Waals surface area contributed by atoms with Gasteiger partial charge in [-0.1, -0.05) is 0 Å². The topological polar surface area (TPSA) is 85.5 Å². The zero-order valence-corrected chi connectivity index (χ0v) is 17.4. The molecule has 2 aromatic heterocycles. The van der Waals surface area contributed by atoms with Crippen molar-refractivity contribution in [3.8, 4) is 22.8 Å². The first-order valence-electron chi connectivity index (χ1n) is 9.59. The number of nitrogens with zero attached hydrogens (tertiary/aromatic N) is 5. The van der Waals surface area contributed by atoms with Gasteiger partial charge in [-0.15, -0.1) is 0 Å². The number of anilines is 2. The minimum absolute atomic E-state index is 0.0525. The predicted molar refractivity (Wildman–Crippen MR) is 115 cm³/mol. The lowest BCUT2D eigenvalue weighted by Gasteiger charge is -2.26. The van der Waals surface area contributed by atoms with Crippen molar-refractivity contribution in [2.45, 2.75) is 0 Å². The van der Waals surface area contributed by atoms with E-state index in [9.17, 15) is 5.11 Å². The van der Waals surface area contributed by atoms with Gasteiger partial charge in [0.2, 0.25) is 0 Å².